The Morgan fingerprint density at radius 3 is 2.50 bits per heavy atom. The van der Waals surface area contributed by atoms with E-state index in [1.54, 1.807) is 39.0 Å². The molecule has 1 fully saturated rings. The van der Waals surface area contributed by atoms with Crippen molar-refractivity contribution in [1.29, 1.82) is 0 Å². The predicted octanol–water partition coefficient (Wildman–Crippen LogP) is 4.26. The van der Waals surface area contributed by atoms with Crippen LogP contribution in [0.3, 0.4) is 0 Å². The molecular weight excluding hydrogens is 433 g/mol. The van der Waals surface area contributed by atoms with Gasteiger partial charge < -0.3 is 9.64 Å². The molecule has 0 saturated carbocycles. The highest BCUT2D eigenvalue weighted by Crippen LogP contribution is 2.53. The Balaban J connectivity index is 1.89. The molecule has 1 saturated heterocycles. The minimum absolute atomic E-state index is 0.00209. The SMILES string of the molecule is CC(C)(C)OC(=O)N1CC[C@@]2(S(=O)(=O)c3ccc(F)cc3)c3ccc(C=O)cc3CC[C@@H]12. The van der Waals surface area contributed by atoms with Gasteiger partial charge in [0, 0.05) is 12.1 Å². The highest BCUT2D eigenvalue weighted by molar-refractivity contribution is 7.92. The molecule has 1 aliphatic heterocycles. The zero-order chi connectivity index (χ0) is 23.3. The molecule has 1 heterocycles. The lowest BCUT2D eigenvalue weighted by Crippen LogP contribution is -2.52. The van der Waals surface area contributed by atoms with Crippen LogP contribution in [0.2, 0.25) is 0 Å². The number of rotatable bonds is 3. The minimum Gasteiger partial charge on any atom is -0.444 e. The van der Waals surface area contributed by atoms with Crippen molar-refractivity contribution in [3.05, 3.63) is 65.0 Å². The summed E-state index contributed by atoms with van der Waals surface area (Å²) in [4.78, 5) is 25.8. The molecule has 1 amide bonds. The lowest BCUT2D eigenvalue weighted by atomic mass is 9.78. The number of fused-ring (bicyclic) bond motifs is 3. The van der Waals surface area contributed by atoms with Gasteiger partial charge in [-0.2, -0.15) is 0 Å². The van der Waals surface area contributed by atoms with Crippen LogP contribution in [0.25, 0.3) is 0 Å². The average Bonchev–Trinajstić information content (AvgIpc) is 3.14. The summed E-state index contributed by atoms with van der Waals surface area (Å²) in [5, 5.41) is 0. The standard InChI is InChI=1S/C24H26FNO5S/c1-23(2,3)31-22(28)26-13-12-24(32(29,30)19-8-6-18(25)7-9-19)20-10-4-16(15-27)14-17(20)5-11-21(24)26/h4,6-10,14-15,21H,5,11-13H2,1-3H3/t21-,24-/m1/s1. The Morgan fingerprint density at radius 1 is 1.19 bits per heavy atom. The normalized spacial score (nSPS) is 22.8. The molecule has 0 N–H and O–H groups in total. The summed E-state index contributed by atoms with van der Waals surface area (Å²) in [5.41, 5.74) is 1.12. The fourth-order valence-electron chi connectivity index (χ4n) is 4.98. The van der Waals surface area contributed by atoms with Crippen LogP contribution in [-0.4, -0.2) is 43.9 Å². The van der Waals surface area contributed by atoms with E-state index in [-0.39, 0.29) is 17.9 Å². The first-order chi connectivity index (χ1) is 15.0. The monoisotopic (exact) mass is 459 g/mol. The number of carbonyl (C=O) groups excluding carboxylic acids is 2. The highest BCUT2D eigenvalue weighted by atomic mass is 32.2. The Labute approximate surface area is 187 Å². The van der Waals surface area contributed by atoms with Crippen LogP contribution in [-0.2, 0) is 25.7 Å². The number of halogens is 1. The molecule has 1 aliphatic carbocycles. The molecule has 2 aromatic rings. The number of sulfone groups is 1. The first-order valence-electron chi connectivity index (χ1n) is 10.6. The number of hydrogen-bond acceptors (Lipinski definition) is 5. The fourth-order valence-corrected chi connectivity index (χ4v) is 7.35. The van der Waals surface area contributed by atoms with Crippen molar-refractivity contribution in [2.24, 2.45) is 0 Å². The summed E-state index contributed by atoms with van der Waals surface area (Å²) in [6.45, 7) is 5.51. The van der Waals surface area contributed by atoms with E-state index in [4.69, 9.17) is 4.74 Å². The van der Waals surface area contributed by atoms with Crippen LogP contribution in [0.15, 0.2) is 47.4 Å². The van der Waals surface area contributed by atoms with Crippen LogP contribution >= 0.6 is 0 Å². The number of carbonyl (C=O) groups is 2. The number of aldehydes is 1. The quantitative estimate of drug-likeness (QED) is 0.506. The van der Waals surface area contributed by atoms with E-state index in [2.05, 4.69) is 0 Å². The second-order valence-electron chi connectivity index (χ2n) is 9.36. The molecule has 2 aliphatic rings. The van der Waals surface area contributed by atoms with Gasteiger partial charge in [0.05, 0.1) is 10.9 Å². The molecular formula is C24H26FNO5S. The minimum atomic E-state index is -4.02. The van der Waals surface area contributed by atoms with Gasteiger partial charge in [0.25, 0.3) is 0 Å². The highest BCUT2D eigenvalue weighted by Gasteiger charge is 2.61. The predicted molar refractivity (Wildman–Crippen MR) is 117 cm³/mol. The summed E-state index contributed by atoms with van der Waals surface area (Å²) >= 11 is 0. The van der Waals surface area contributed by atoms with Crippen molar-refractivity contribution in [1.82, 2.24) is 4.90 Å². The molecule has 0 bridgehead atoms. The van der Waals surface area contributed by atoms with Gasteiger partial charge in [-0.05, 0) is 81.5 Å². The number of aryl methyl sites for hydroxylation is 1. The topological polar surface area (TPSA) is 80.8 Å². The maximum Gasteiger partial charge on any atom is 0.410 e. The Hall–Kier alpha value is -2.74. The number of ether oxygens (including phenoxy) is 1. The molecule has 0 unspecified atom stereocenters. The van der Waals surface area contributed by atoms with Crippen LogP contribution in [0, 0.1) is 5.82 Å². The second-order valence-corrected chi connectivity index (χ2v) is 11.6. The number of amides is 1. The molecule has 32 heavy (non-hydrogen) atoms. The molecule has 0 aromatic heterocycles. The molecule has 6 nitrogen and oxygen atoms in total. The van der Waals surface area contributed by atoms with E-state index >= 15 is 0 Å². The van der Waals surface area contributed by atoms with E-state index in [0.717, 1.165) is 24.0 Å². The average molecular weight is 460 g/mol. The number of benzene rings is 2. The summed E-state index contributed by atoms with van der Waals surface area (Å²) < 4.78 is 45.9. The van der Waals surface area contributed by atoms with E-state index in [9.17, 15) is 22.4 Å². The molecule has 8 heteroatoms. The largest absolute Gasteiger partial charge is 0.444 e. The first-order valence-corrected chi connectivity index (χ1v) is 12.1. The van der Waals surface area contributed by atoms with Crippen molar-refractivity contribution in [2.45, 2.75) is 61.3 Å². The number of likely N-dealkylation sites (tertiary alicyclic amines) is 1. The maximum absolute atomic E-state index is 14.1. The van der Waals surface area contributed by atoms with Crippen LogP contribution < -0.4 is 0 Å². The van der Waals surface area contributed by atoms with Crippen molar-refractivity contribution >= 4 is 22.2 Å². The molecule has 2 aromatic carbocycles. The Morgan fingerprint density at radius 2 is 1.88 bits per heavy atom. The lowest BCUT2D eigenvalue weighted by Gasteiger charge is -2.42. The fraction of sp³-hybridized carbons (Fsp3) is 0.417. The van der Waals surface area contributed by atoms with Gasteiger partial charge in [-0.25, -0.2) is 17.6 Å². The smallest absolute Gasteiger partial charge is 0.410 e. The zero-order valence-electron chi connectivity index (χ0n) is 18.3. The molecule has 0 spiro atoms. The zero-order valence-corrected chi connectivity index (χ0v) is 19.1. The number of hydrogen-bond donors (Lipinski definition) is 0. The van der Waals surface area contributed by atoms with Crippen molar-refractivity contribution in [3.8, 4) is 0 Å². The lowest BCUT2D eigenvalue weighted by molar-refractivity contribution is 0.0202. The molecule has 170 valence electrons. The maximum atomic E-state index is 14.1. The molecule has 0 radical (unpaired) electrons. The Kier molecular flexibility index (Phi) is 5.40. The van der Waals surface area contributed by atoms with E-state index < -0.39 is 38.1 Å². The summed E-state index contributed by atoms with van der Waals surface area (Å²) in [5.74, 6) is -0.528. The van der Waals surface area contributed by atoms with Crippen molar-refractivity contribution in [3.63, 3.8) is 0 Å². The van der Waals surface area contributed by atoms with E-state index in [1.165, 1.54) is 17.0 Å². The van der Waals surface area contributed by atoms with Gasteiger partial charge in [-0.3, -0.25) is 4.79 Å². The molecule has 4 rings (SSSR count). The van der Waals surface area contributed by atoms with E-state index in [1.807, 2.05) is 0 Å². The third-order valence-electron chi connectivity index (χ3n) is 6.28. The third-order valence-corrected chi connectivity index (χ3v) is 8.83. The summed E-state index contributed by atoms with van der Waals surface area (Å²) in [7, 11) is -4.02. The first kappa shape index (κ1) is 22.5. The number of nitrogens with zero attached hydrogens (tertiary/aromatic N) is 1. The van der Waals surface area contributed by atoms with Crippen LogP contribution in [0.4, 0.5) is 9.18 Å². The summed E-state index contributed by atoms with van der Waals surface area (Å²) in [6, 6.07) is 9.15. The Bertz CT molecular complexity index is 1170. The second kappa shape index (κ2) is 7.69. The van der Waals surface area contributed by atoms with Crippen molar-refractivity contribution in [2.75, 3.05) is 6.54 Å². The van der Waals surface area contributed by atoms with Gasteiger partial charge in [0.15, 0.2) is 9.84 Å². The van der Waals surface area contributed by atoms with E-state index in [0.29, 0.717) is 24.0 Å². The third kappa shape index (κ3) is 3.50. The molecule has 2 atom stereocenters. The van der Waals surface area contributed by atoms with Gasteiger partial charge in [0.2, 0.25) is 0 Å². The van der Waals surface area contributed by atoms with Gasteiger partial charge >= 0.3 is 6.09 Å². The van der Waals surface area contributed by atoms with Crippen LogP contribution in [0.1, 0.15) is 55.1 Å². The summed E-state index contributed by atoms with van der Waals surface area (Å²) in [6.07, 6.45) is 1.31. The van der Waals surface area contributed by atoms with Gasteiger partial charge in [-0.15, -0.1) is 0 Å². The van der Waals surface area contributed by atoms with Gasteiger partial charge in [-0.1, -0.05) is 12.1 Å². The van der Waals surface area contributed by atoms with Crippen molar-refractivity contribution < 1.29 is 27.1 Å². The van der Waals surface area contributed by atoms with Gasteiger partial charge in [0.1, 0.15) is 22.5 Å². The van der Waals surface area contributed by atoms with Crippen LogP contribution in [0.5, 0.6) is 0 Å².